The van der Waals surface area contributed by atoms with Crippen LogP contribution in [0.15, 0.2) is 35.1 Å². The molecule has 25 heavy (non-hydrogen) atoms. The van der Waals surface area contributed by atoms with E-state index in [4.69, 9.17) is 9.47 Å². The number of rotatable bonds is 3. The molecule has 7 nitrogen and oxygen atoms in total. The molecule has 0 bridgehead atoms. The van der Waals surface area contributed by atoms with E-state index in [-0.39, 0.29) is 12.0 Å². The number of carbonyl (C=O) groups excluding carboxylic acids is 1. The Bertz CT molecular complexity index is 1160. The number of carbonyl (C=O) groups is 1. The average Bonchev–Trinajstić information content (AvgIpc) is 2.64. The van der Waals surface area contributed by atoms with Gasteiger partial charge in [-0.25, -0.2) is 0 Å². The van der Waals surface area contributed by atoms with Gasteiger partial charge in [-0.3, -0.25) is 19.6 Å². The van der Waals surface area contributed by atoms with Crippen LogP contribution in [0.5, 0.6) is 0 Å². The summed E-state index contributed by atoms with van der Waals surface area (Å²) in [6.45, 7) is 1.87. The third-order valence-electron chi connectivity index (χ3n) is 4.28. The second-order valence-corrected chi connectivity index (χ2v) is 5.73. The second kappa shape index (κ2) is 5.70. The first kappa shape index (κ1) is 15.3. The Morgan fingerprint density at radius 1 is 1.36 bits per heavy atom. The van der Waals surface area contributed by atoms with Crippen molar-refractivity contribution in [2.45, 2.75) is 20.1 Å². The molecular formula is C18H15N3O4. The molecule has 126 valence electrons. The minimum atomic E-state index is -0.392. The van der Waals surface area contributed by atoms with Gasteiger partial charge in [0.15, 0.2) is 0 Å². The lowest BCUT2D eigenvalue weighted by Gasteiger charge is -2.17. The highest BCUT2D eigenvalue weighted by atomic mass is 16.5. The highest BCUT2D eigenvalue weighted by molar-refractivity contribution is 6.07. The van der Waals surface area contributed by atoms with E-state index < -0.39 is 5.97 Å². The Labute approximate surface area is 142 Å². The van der Waals surface area contributed by atoms with Crippen LogP contribution in [0.1, 0.15) is 12.6 Å². The largest absolute Gasteiger partial charge is 0.497 e. The summed E-state index contributed by atoms with van der Waals surface area (Å²) >= 11 is 0. The van der Waals surface area contributed by atoms with Crippen molar-refractivity contribution in [1.29, 1.82) is 0 Å². The zero-order valence-electron chi connectivity index (χ0n) is 13.8. The van der Waals surface area contributed by atoms with Gasteiger partial charge in [-0.2, -0.15) is 0 Å². The van der Waals surface area contributed by atoms with E-state index >= 15 is 0 Å². The van der Waals surface area contributed by atoms with Crippen LogP contribution in [-0.4, -0.2) is 27.6 Å². The molecule has 0 aromatic carbocycles. The molecule has 3 aromatic heterocycles. The van der Waals surface area contributed by atoms with Gasteiger partial charge >= 0.3 is 5.97 Å². The summed E-state index contributed by atoms with van der Waals surface area (Å²) in [5.74, 6) is 0.268. The Balaban J connectivity index is 2.06. The number of aromatic nitrogens is 3. The van der Waals surface area contributed by atoms with Gasteiger partial charge in [0.1, 0.15) is 18.1 Å². The molecule has 0 atom stereocenters. The van der Waals surface area contributed by atoms with Gasteiger partial charge < -0.3 is 14.0 Å². The zero-order valence-corrected chi connectivity index (χ0v) is 13.8. The summed E-state index contributed by atoms with van der Waals surface area (Å²) in [6, 6.07) is 1.70. The van der Waals surface area contributed by atoms with Gasteiger partial charge in [0.25, 0.3) is 0 Å². The highest BCUT2D eigenvalue weighted by Crippen LogP contribution is 2.24. The molecule has 0 aliphatic carbocycles. The number of hydrogen-bond acceptors (Lipinski definition) is 6. The third kappa shape index (κ3) is 2.36. The molecule has 0 N–H and O–H groups in total. The molecule has 0 spiro atoms. The van der Waals surface area contributed by atoms with Crippen molar-refractivity contribution in [2.24, 2.45) is 0 Å². The molecule has 7 heteroatoms. The predicted octanol–water partition coefficient (Wildman–Crippen LogP) is 1.05. The first-order valence-corrected chi connectivity index (χ1v) is 7.78. The lowest BCUT2D eigenvalue weighted by atomic mass is 10.1. The van der Waals surface area contributed by atoms with E-state index in [1.807, 2.05) is 10.6 Å². The predicted molar refractivity (Wildman–Crippen MR) is 91.5 cm³/mol. The molecule has 0 radical (unpaired) electrons. The molecule has 1 aliphatic rings. The molecule has 0 fully saturated rings. The molecule has 3 aromatic rings. The Morgan fingerprint density at radius 3 is 2.96 bits per heavy atom. The maximum atomic E-state index is 13.0. The van der Waals surface area contributed by atoms with Crippen molar-refractivity contribution in [1.82, 2.24) is 14.5 Å². The number of ether oxygens (including phenoxy) is 2. The van der Waals surface area contributed by atoms with E-state index in [2.05, 4.69) is 9.97 Å². The van der Waals surface area contributed by atoms with E-state index in [1.165, 1.54) is 6.92 Å². The molecule has 0 saturated carbocycles. The fraction of sp³-hybridized carbons (Fsp3) is 0.222. The van der Waals surface area contributed by atoms with E-state index in [1.54, 1.807) is 31.6 Å². The van der Waals surface area contributed by atoms with E-state index in [0.29, 0.717) is 34.2 Å². The average molecular weight is 337 g/mol. The van der Waals surface area contributed by atoms with Gasteiger partial charge in [0, 0.05) is 36.5 Å². The van der Waals surface area contributed by atoms with Crippen LogP contribution < -0.4 is 10.8 Å². The number of esters is 1. The smallest absolute Gasteiger partial charge is 0.303 e. The van der Waals surface area contributed by atoms with Gasteiger partial charge in [-0.05, 0) is 12.1 Å². The van der Waals surface area contributed by atoms with Crippen LogP contribution in [0.4, 0.5) is 0 Å². The topological polar surface area (TPSA) is 83.3 Å². The number of pyridine rings is 3. The van der Waals surface area contributed by atoms with Crippen LogP contribution in [0, 0.1) is 0 Å². The van der Waals surface area contributed by atoms with Crippen LogP contribution in [0.25, 0.3) is 27.9 Å². The molecule has 0 amide bonds. The first-order chi connectivity index (χ1) is 12.1. The maximum Gasteiger partial charge on any atom is 0.303 e. The normalized spacial score (nSPS) is 13.3. The van der Waals surface area contributed by atoms with Gasteiger partial charge in [-0.1, -0.05) is 0 Å². The van der Waals surface area contributed by atoms with Crippen LogP contribution in [0.3, 0.4) is 0 Å². The summed E-state index contributed by atoms with van der Waals surface area (Å²) in [4.78, 5) is 32.8. The summed E-state index contributed by atoms with van der Waals surface area (Å²) in [6.07, 6.45) is 6.90. The number of hydrogen-bond donors (Lipinski definition) is 0. The van der Waals surface area contributed by atoms with Crippen molar-refractivity contribution in [2.75, 3.05) is 7.11 Å². The van der Waals surface area contributed by atoms with Crippen LogP contribution in [-0.2, 0) is 27.4 Å². The minimum Gasteiger partial charge on any atom is -0.497 e. The number of allylic oxidation sites excluding steroid dienone is 2. The standard InChI is InChI=1S/C18H15N3O4/c1-10(22)25-9-13-17-16-12(3-5-19-17)18(23)14-7-11(24-2)4-6-21(14)15(16)8-20-13/h3-5,7-8H,6,9H2,1-2H3. The highest BCUT2D eigenvalue weighted by Gasteiger charge is 2.17. The summed E-state index contributed by atoms with van der Waals surface area (Å²) in [7, 11) is 1.58. The minimum absolute atomic E-state index is 0.0210. The molecular weight excluding hydrogens is 322 g/mol. The quantitative estimate of drug-likeness (QED) is 0.665. The fourth-order valence-corrected chi connectivity index (χ4v) is 3.12. The van der Waals surface area contributed by atoms with Crippen molar-refractivity contribution < 1.29 is 14.3 Å². The Kier molecular flexibility index (Phi) is 3.49. The monoisotopic (exact) mass is 337 g/mol. The molecule has 4 heterocycles. The number of nitrogens with zero attached hydrogens (tertiary/aromatic N) is 3. The van der Waals surface area contributed by atoms with E-state index in [9.17, 15) is 9.59 Å². The number of fused-ring (bicyclic) bond motifs is 2. The summed E-state index contributed by atoms with van der Waals surface area (Å²) in [5, 5.41) is 1.84. The summed E-state index contributed by atoms with van der Waals surface area (Å²) in [5.41, 5.74) is 1.82. The van der Waals surface area contributed by atoms with Gasteiger partial charge in [-0.15, -0.1) is 0 Å². The molecule has 0 saturated heterocycles. The second-order valence-electron chi connectivity index (χ2n) is 5.73. The van der Waals surface area contributed by atoms with Crippen molar-refractivity contribution in [3.63, 3.8) is 0 Å². The van der Waals surface area contributed by atoms with Crippen LogP contribution >= 0.6 is 0 Å². The van der Waals surface area contributed by atoms with Crippen molar-refractivity contribution in [3.05, 3.63) is 51.6 Å². The zero-order chi connectivity index (χ0) is 17.6. The Morgan fingerprint density at radius 2 is 2.20 bits per heavy atom. The fourth-order valence-electron chi connectivity index (χ4n) is 3.12. The lowest BCUT2D eigenvalue weighted by molar-refractivity contribution is -0.142. The van der Waals surface area contributed by atoms with Crippen molar-refractivity contribution in [3.8, 4) is 0 Å². The first-order valence-electron chi connectivity index (χ1n) is 7.78. The molecule has 1 aliphatic heterocycles. The SMILES string of the molecule is COC1=CCn2c(c(=O)c3ccnc4c(COC(C)=O)ncc2c43)=C1. The maximum absolute atomic E-state index is 13.0. The van der Waals surface area contributed by atoms with E-state index in [0.717, 1.165) is 10.9 Å². The van der Waals surface area contributed by atoms with Crippen molar-refractivity contribution >= 4 is 33.9 Å². The lowest BCUT2D eigenvalue weighted by Crippen LogP contribution is -2.37. The Hall–Kier alpha value is -3.22. The third-order valence-corrected chi connectivity index (χ3v) is 4.28. The molecule has 4 rings (SSSR count). The molecule has 0 unspecified atom stereocenters. The van der Waals surface area contributed by atoms with Crippen LogP contribution in [0.2, 0.25) is 0 Å². The van der Waals surface area contributed by atoms with Gasteiger partial charge in [0.2, 0.25) is 5.43 Å². The van der Waals surface area contributed by atoms with Gasteiger partial charge in [0.05, 0.1) is 29.7 Å². The number of methoxy groups -OCH3 is 1. The summed E-state index contributed by atoms with van der Waals surface area (Å²) < 4.78 is 12.2.